The Labute approximate surface area is 145 Å². The maximum Gasteiger partial charge on any atom is 0.340 e. The highest BCUT2D eigenvalue weighted by molar-refractivity contribution is 5.92. The van der Waals surface area contributed by atoms with Crippen molar-refractivity contribution >= 4 is 17.9 Å². The number of carbonyl (C=O) groups excluding carboxylic acids is 3. The van der Waals surface area contributed by atoms with Gasteiger partial charge in [0.2, 0.25) is 6.29 Å². The molecule has 11 atom stereocenters. The number of fused-ring (bicyclic) bond motifs is 1. The van der Waals surface area contributed by atoms with E-state index in [0.717, 1.165) is 0 Å². The van der Waals surface area contributed by atoms with Crippen molar-refractivity contribution in [3.63, 3.8) is 0 Å². The number of carbonyl (C=O) groups is 3. The average Bonchev–Trinajstić information content (AvgIpc) is 3.29. The van der Waals surface area contributed by atoms with Gasteiger partial charge in [0.25, 0.3) is 0 Å². The van der Waals surface area contributed by atoms with Gasteiger partial charge in [-0.1, -0.05) is 6.92 Å². The predicted octanol–water partition coefficient (Wildman–Crippen LogP) is -2.79. The lowest BCUT2D eigenvalue weighted by Gasteiger charge is -2.41. The monoisotopic (exact) mass is 368 g/mol. The van der Waals surface area contributed by atoms with E-state index in [-0.39, 0.29) is 6.42 Å². The van der Waals surface area contributed by atoms with E-state index in [1.807, 2.05) is 0 Å². The number of rotatable bonds is 0. The van der Waals surface area contributed by atoms with Crippen molar-refractivity contribution in [2.75, 3.05) is 0 Å². The summed E-state index contributed by atoms with van der Waals surface area (Å²) in [6.07, 6.45) is -8.13. The zero-order valence-corrected chi connectivity index (χ0v) is 13.5. The third-order valence-electron chi connectivity index (χ3n) is 7.68. The van der Waals surface area contributed by atoms with Crippen molar-refractivity contribution < 1.29 is 48.7 Å². The molecule has 10 heteroatoms. The van der Waals surface area contributed by atoms with Crippen molar-refractivity contribution in [1.82, 2.24) is 0 Å². The molecule has 4 heterocycles. The normalized spacial score (nSPS) is 63.9. The Kier molecular flexibility index (Phi) is 2.30. The summed E-state index contributed by atoms with van der Waals surface area (Å²) in [6, 6.07) is 0. The summed E-state index contributed by atoms with van der Waals surface area (Å²) in [5.41, 5.74) is -5.04. The third kappa shape index (κ3) is 1.04. The van der Waals surface area contributed by atoms with Crippen LogP contribution in [0.3, 0.4) is 0 Å². The van der Waals surface area contributed by atoms with Gasteiger partial charge in [0.05, 0.1) is 28.8 Å². The van der Waals surface area contributed by atoms with Crippen LogP contribution in [0.25, 0.3) is 0 Å². The fourth-order valence-corrected chi connectivity index (χ4v) is 6.98. The Morgan fingerprint density at radius 1 is 1.04 bits per heavy atom. The van der Waals surface area contributed by atoms with Crippen LogP contribution in [0.5, 0.6) is 0 Å². The molecule has 2 saturated carbocycles. The molecule has 6 rings (SSSR count). The molecule has 2 spiro atoms. The smallest absolute Gasteiger partial charge is 0.340 e. The van der Waals surface area contributed by atoms with Gasteiger partial charge < -0.3 is 34.3 Å². The zero-order chi connectivity index (χ0) is 18.4. The van der Waals surface area contributed by atoms with Crippen LogP contribution in [0.15, 0.2) is 0 Å². The largest absolute Gasteiger partial charge is 0.459 e. The topological polar surface area (TPSA) is 149 Å². The van der Waals surface area contributed by atoms with Crippen LogP contribution >= 0.6 is 0 Å². The van der Waals surface area contributed by atoms with Gasteiger partial charge in [-0.2, -0.15) is 0 Å². The molecule has 10 nitrogen and oxygen atoms in total. The van der Waals surface area contributed by atoms with Crippen LogP contribution in [0.4, 0.5) is 0 Å². The highest BCUT2D eigenvalue weighted by Gasteiger charge is 2.99. The summed E-state index contributed by atoms with van der Waals surface area (Å²) < 4.78 is 21.9. The molecule has 6 aliphatic rings. The lowest BCUT2D eigenvalue weighted by Crippen LogP contribution is -2.61. The van der Waals surface area contributed by atoms with Crippen molar-refractivity contribution in [3.8, 4) is 0 Å². The Balaban J connectivity index is 1.68. The van der Waals surface area contributed by atoms with Gasteiger partial charge in [-0.3, -0.25) is 4.79 Å². The Morgan fingerprint density at radius 2 is 1.77 bits per heavy atom. The zero-order valence-electron chi connectivity index (χ0n) is 13.5. The molecule has 0 radical (unpaired) electrons. The first-order valence-electron chi connectivity index (χ1n) is 8.59. The maximum absolute atomic E-state index is 13.0. The predicted molar refractivity (Wildman–Crippen MR) is 73.6 cm³/mol. The van der Waals surface area contributed by atoms with Crippen molar-refractivity contribution in [3.05, 3.63) is 0 Å². The minimum atomic E-state index is -1.84. The number of hydrogen-bond donors (Lipinski definition) is 3. The molecule has 0 amide bonds. The minimum Gasteiger partial charge on any atom is -0.459 e. The Hall–Kier alpha value is -1.75. The molecule has 0 bridgehead atoms. The van der Waals surface area contributed by atoms with Crippen LogP contribution in [0.2, 0.25) is 0 Å². The Bertz CT molecular complexity index is 796. The van der Waals surface area contributed by atoms with Gasteiger partial charge in [-0.15, -0.1) is 0 Å². The van der Waals surface area contributed by atoms with Crippen molar-refractivity contribution in [2.45, 2.75) is 55.8 Å². The molecule has 4 aliphatic heterocycles. The van der Waals surface area contributed by atoms with Gasteiger partial charge in [0, 0.05) is 0 Å². The quantitative estimate of drug-likeness (QED) is 0.303. The van der Waals surface area contributed by atoms with Crippen LogP contribution in [-0.4, -0.2) is 75.6 Å². The van der Waals surface area contributed by atoms with E-state index in [0.29, 0.717) is 0 Å². The molecule has 140 valence electrons. The van der Waals surface area contributed by atoms with Gasteiger partial charge in [-0.25, -0.2) is 9.59 Å². The lowest BCUT2D eigenvalue weighted by molar-refractivity contribution is -0.204. The van der Waals surface area contributed by atoms with Crippen LogP contribution in [-0.2, 0) is 33.3 Å². The first kappa shape index (κ1) is 15.3. The molecule has 4 saturated heterocycles. The van der Waals surface area contributed by atoms with Gasteiger partial charge in [0.1, 0.15) is 18.3 Å². The number of aliphatic hydroxyl groups excluding tert-OH is 3. The van der Waals surface area contributed by atoms with Gasteiger partial charge >= 0.3 is 17.9 Å². The summed E-state index contributed by atoms with van der Waals surface area (Å²) in [5, 5.41) is 32.5. The van der Waals surface area contributed by atoms with E-state index in [2.05, 4.69) is 0 Å². The molecule has 0 aromatic carbocycles. The first-order valence-corrected chi connectivity index (χ1v) is 8.59. The average molecular weight is 368 g/mol. The summed E-state index contributed by atoms with van der Waals surface area (Å²) in [6.45, 7) is 1.56. The third-order valence-corrected chi connectivity index (χ3v) is 7.68. The van der Waals surface area contributed by atoms with E-state index in [4.69, 9.17) is 18.9 Å². The van der Waals surface area contributed by atoms with Gasteiger partial charge in [-0.05, 0) is 6.42 Å². The van der Waals surface area contributed by atoms with E-state index in [1.165, 1.54) is 0 Å². The molecule has 6 fully saturated rings. The molecular weight excluding hydrogens is 352 g/mol. The SMILES string of the molecule is C[C@H]1C(=O)OC2[C@H]1C13OC4OC(=O)[C@H](O)C45C[C@@H](O)C(OC1=O)C35[C@H]2O. The molecular formula is C16H16O10. The number of aliphatic hydroxyl groups is 3. The lowest BCUT2D eigenvalue weighted by atomic mass is 9.56. The molecule has 0 aromatic heterocycles. The van der Waals surface area contributed by atoms with Crippen LogP contribution in [0, 0.1) is 22.7 Å². The fraction of sp³-hybridized carbons (Fsp3) is 0.812. The van der Waals surface area contributed by atoms with E-state index >= 15 is 0 Å². The van der Waals surface area contributed by atoms with Crippen molar-refractivity contribution in [1.29, 1.82) is 0 Å². The highest BCUT2D eigenvalue weighted by atomic mass is 16.7. The van der Waals surface area contributed by atoms with E-state index in [1.54, 1.807) is 6.92 Å². The number of ether oxygens (including phenoxy) is 4. The van der Waals surface area contributed by atoms with Crippen molar-refractivity contribution in [2.24, 2.45) is 22.7 Å². The standard InChI is InChI=1S/C16H16O10/c1-3-5-6(23-10(3)20)7(18)15-9-4(17)2-14(15)8(19)11(21)25-13(14)26-16(5,15)12(22)24-9/h3-9,13,17-19H,2H2,1H3/t3-,4-,5+,6?,7+,8+,9?,13?,14?,15?,16?/m1/s1. The second-order valence-corrected chi connectivity index (χ2v) is 8.19. The molecule has 3 N–H and O–H groups in total. The van der Waals surface area contributed by atoms with Crippen LogP contribution < -0.4 is 0 Å². The second kappa shape index (κ2) is 3.91. The first-order chi connectivity index (χ1) is 12.2. The summed E-state index contributed by atoms with van der Waals surface area (Å²) in [7, 11) is 0. The van der Waals surface area contributed by atoms with E-state index < -0.39 is 83.0 Å². The fourth-order valence-electron chi connectivity index (χ4n) is 6.98. The second-order valence-electron chi connectivity index (χ2n) is 8.19. The van der Waals surface area contributed by atoms with E-state index in [9.17, 15) is 29.7 Å². The molecule has 26 heavy (non-hydrogen) atoms. The molecule has 6 unspecified atom stereocenters. The number of hydrogen-bond acceptors (Lipinski definition) is 10. The molecule has 2 aliphatic carbocycles. The Morgan fingerprint density at radius 3 is 2.50 bits per heavy atom. The maximum atomic E-state index is 13.0. The summed E-state index contributed by atoms with van der Waals surface area (Å²) >= 11 is 0. The highest BCUT2D eigenvalue weighted by Crippen LogP contribution is 2.81. The van der Waals surface area contributed by atoms with Gasteiger partial charge in [0.15, 0.2) is 11.7 Å². The summed E-state index contributed by atoms with van der Waals surface area (Å²) in [5.74, 6) is -4.01. The van der Waals surface area contributed by atoms with Crippen LogP contribution in [0.1, 0.15) is 13.3 Å². The molecule has 0 aromatic rings. The number of esters is 3. The summed E-state index contributed by atoms with van der Waals surface area (Å²) in [4.78, 5) is 37.2. The minimum absolute atomic E-state index is 0.150.